The molecule has 0 unspecified atom stereocenters. The van der Waals surface area contributed by atoms with Crippen molar-refractivity contribution in [1.82, 2.24) is 30.0 Å². The summed E-state index contributed by atoms with van der Waals surface area (Å²) in [6, 6.07) is 6.34. The molecule has 2 heterocycles. The van der Waals surface area contributed by atoms with Crippen molar-refractivity contribution >= 4 is 11.8 Å². The van der Waals surface area contributed by atoms with Crippen molar-refractivity contribution in [2.24, 2.45) is 0 Å². The molecule has 2 aromatic rings. The van der Waals surface area contributed by atoms with Gasteiger partial charge in [-0.05, 0) is 41.8 Å². The summed E-state index contributed by atoms with van der Waals surface area (Å²) in [5, 5.41) is 10.7. The number of nitrogens with zero attached hydrogens (tertiary/aromatic N) is 6. The fourth-order valence-electron chi connectivity index (χ4n) is 3.22. The molecule has 0 N–H and O–H groups in total. The van der Waals surface area contributed by atoms with Gasteiger partial charge in [0.05, 0.1) is 0 Å². The zero-order valence-corrected chi connectivity index (χ0v) is 15.3. The first-order chi connectivity index (χ1) is 12.5. The van der Waals surface area contributed by atoms with Crippen LogP contribution in [0.3, 0.4) is 0 Å². The van der Waals surface area contributed by atoms with E-state index in [1.165, 1.54) is 27.7 Å². The van der Waals surface area contributed by atoms with Gasteiger partial charge in [0.1, 0.15) is 12.9 Å². The minimum absolute atomic E-state index is 0.0281. The summed E-state index contributed by atoms with van der Waals surface area (Å²) in [7, 11) is 0. The number of rotatable bonds is 5. The molecule has 26 heavy (non-hydrogen) atoms. The average molecular weight is 356 g/mol. The SMILES string of the molecule is Cc1ccc(CCC(=O)N2CCN(C(=O)Cn3cnnn3)CC2)c(C)c1. The number of benzene rings is 1. The molecule has 1 aromatic carbocycles. The number of aryl methyl sites for hydroxylation is 3. The molecule has 1 fully saturated rings. The molecule has 138 valence electrons. The van der Waals surface area contributed by atoms with Crippen LogP contribution in [0, 0.1) is 13.8 Å². The third-order valence-electron chi connectivity index (χ3n) is 4.78. The lowest BCUT2D eigenvalue weighted by molar-refractivity contribution is -0.140. The number of aromatic nitrogens is 4. The minimum Gasteiger partial charge on any atom is -0.339 e. The fraction of sp³-hybridized carbons (Fsp3) is 0.500. The van der Waals surface area contributed by atoms with Crippen LogP contribution < -0.4 is 0 Å². The van der Waals surface area contributed by atoms with Crippen LogP contribution in [0.5, 0.6) is 0 Å². The Morgan fingerprint density at radius 3 is 2.35 bits per heavy atom. The number of carbonyl (C=O) groups excluding carboxylic acids is 2. The van der Waals surface area contributed by atoms with Crippen LogP contribution in [0.2, 0.25) is 0 Å². The predicted molar refractivity (Wildman–Crippen MR) is 95.2 cm³/mol. The van der Waals surface area contributed by atoms with E-state index < -0.39 is 0 Å². The second-order valence-electron chi connectivity index (χ2n) is 6.70. The Balaban J connectivity index is 1.45. The Hall–Kier alpha value is -2.77. The lowest BCUT2D eigenvalue weighted by Gasteiger charge is -2.34. The third-order valence-corrected chi connectivity index (χ3v) is 4.78. The molecule has 1 aliphatic heterocycles. The van der Waals surface area contributed by atoms with E-state index >= 15 is 0 Å². The predicted octanol–water partition coefficient (Wildman–Crippen LogP) is 0.594. The topological polar surface area (TPSA) is 84.2 Å². The summed E-state index contributed by atoms with van der Waals surface area (Å²) in [5.74, 6) is 0.122. The normalized spacial score (nSPS) is 14.5. The molecular weight excluding hydrogens is 332 g/mol. The molecule has 0 bridgehead atoms. The molecule has 0 aliphatic carbocycles. The van der Waals surface area contributed by atoms with Crippen molar-refractivity contribution in [2.45, 2.75) is 33.2 Å². The molecule has 0 radical (unpaired) electrons. The van der Waals surface area contributed by atoms with E-state index in [9.17, 15) is 9.59 Å². The Morgan fingerprint density at radius 1 is 1.04 bits per heavy atom. The largest absolute Gasteiger partial charge is 0.339 e. The van der Waals surface area contributed by atoms with Gasteiger partial charge in [-0.2, -0.15) is 0 Å². The molecule has 0 spiro atoms. The number of amides is 2. The van der Waals surface area contributed by atoms with Gasteiger partial charge < -0.3 is 9.80 Å². The van der Waals surface area contributed by atoms with Gasteiger partial charge >= 0.3 is 0 Å². The van der Waals surface area contributed by atoms with E-state index in [0.29, 0.717) is 32.6 Å². The number of tetrazole rings is 1. The maximum atomic E-state index is 12.5. The molecule has 8 heteroatoms. The summed E-state index contributed by atoms with van der Waals surface area (Å²) in [6.07, 6.45) is 2.68. The number of hydrogen-bond donors (Lipinski definition) is 0. The van der Waals surface area contributed by atoms with Gasteiger partial charge in [-0.25, -0.2) is 4.68 Å². The van der Waals surface area contributed by atoms with Gasteiger partial charge in [-0.15, -0.1) is 5.10 Å². The number of hydrogen-bond acceptors (Lipinski definition) is 5. The summed E-state index contributed by atoms with van der Waals surface area (Å²) < 4.78 is 1.41. The summed E-state index contributed by atoms with van der Waals surface area (Å²) in [6.45, 7) is 6.55. The molecule has 0 atom stereocenters. The van der Waals surface area contributed by atoms with Gasteiger partial charge in [0, 0.05) is 32.6 Å². The Kier molecular flexibility index (Phi) is 5.60. The molecule has 0 saturated carbocycles. The second kappa shape index (κ2) is 8.07. The van der Waals surface area contributed by atoms with Crippen LogP contribution in [0.4, 0.5) is 0 Å². The van der Waals surface area contributed by atoms with Crippen molar-refractivity contribution in [2.75, 3.05) is 26.2 Å². The first-order valence-electron chi connectivity index (χ1n) is 8.85. The highest BCUT2D eigenvalue weighted by atomic mass is 16.2. The van der Waals surface area contributed by atoms with E-state index in [1.807, 2.05) is 4.90 Å². The number of carbonyl (C=O) groups is 2. The maximum absolute atomic E-state index is 12.5. The first kappa shape index (κ1) is 18.0. The van der Waals surface area contributed by atoms with Crippen LogP contribution in [-0.4, -0.2) is 68.0 Å². The van der Waals surface area contributed by atoms with Gasteiger partial charge in [0.15, 0.2) is 0 Å². The van der Waals surface area contributed by atoms with Crippen molar-refractivity contribution < 1.29 is 9.59 Å². The van der Waals surface area contributed by atoms with Crippen LogP contribution in [0.25, 0.3) is 0 Å². The third kappa shape index (κ3) is 4.44. The van der Waals surface area contributed by atoms with E-state index in [4.69, 9.17) is 0 Å². The van der Waals surface area contributed by atoms with Crippen molar-refractivity contribution in [3.8, 4) is 0 Å². The Bertz CT molecular complexity index is 766. The van der Waals surface area contributed by atoms with E-state index in [0.717, 1.165) is 6.42 Å². The monoisotopic (exact) mass is 356 g/mol. The zero-order valence-electron chi connectivity index (χ0n) is 15.3. The van der Waals surface area contributed by atoms with Crippen LogP contribution >= 0.6 is 0 Å². The van der Waals surface area contributed by atoms with Crippen LogP contribution in [0.15, 0.2) is 24.5 Å². The van der Waals surface area contributed by atoms with E-state index in [2.05, 4.69) is 47.6 Å². The van der Waals surface area contributed by atoms with Gasteiger partial charge in [0.25, 0.3) is 0 Å². The number of piperazine rings is 1. The lowest BCUT2D eigenvalue weighted by atomic mass is 10.0. The molecule has 8 nitrogen and oxygen atoms in total. The molecule has 3 rings (SSSR count). The average Bonchev–Trinajstić information content (AvgIpc) is 3.14. The van der Waals surface area contributed by atoms with E-state index in [1.54, 1.807) is 4.90 Å². The van der Waals surface area contributed by atoms with Crippen molar-refractivity contribution in [1.29, 1.82) is 0 Å². The van der Waals surface area contributed by atoms with Gasteiger partial charge in [-0.1, -0.05) is 23.8 Å². The van der Waals surface area contributed by atoms with Gasteiger partial charge in [-0.3, -0.25) is 9.59 Å². The molecular formula is C18H24N6O2. The second-order valence-corrected chi connectivity index (χ2v) is 6.70. The molecule has 2 amide bonds. The Labute approximate surface area is 152 Å². The molecule has 1 aliphatic rings. The lowest BCUT2D eigenvalue weighted by Crippen LogP contribution is -2.51. The van der Waals surface area contributed by atoms with Crippen molar-refractivity contribution in [3.05, 3.63) is 41.2 Å². The maximum Gasteiger partial charge on any atom is 0.244 e. The standard InChI is InChI=1S/C18H24N6O2/c1-14-3-4-16(15(2)11-14)5-6-17(25)22-7-9-23(10-8-22)18(26)12-24-13-19-20-21-24/h3-4,11,13H,5-10,12H2,1-2H3. The first-order valence-corrected chi connectivity index (χ1v) is 8.85. The fourth-order valence-corrected chi connectivity index (χ4v) is 3.22. The van der Waals surface area contributed by atoms with Gasteiger partial charge in [0.2, 0.25) is 11.8 Å². The summed E-state index contributed by atoms with van der Waals surface area (Å²) >= 11 is 0. The van der Waals surface area contributed by atoms with Crippen molar-refractivity contribution in [3.63, 3.8) is 0 Å². The highest BCUT2D eigenvalue weighted by molar-refractivity contribution is 5.78. The smallest absolute Gasteiger partial charge is 0.244 e. The summed E-state index contributed by atoms with van der Waals surface area (Å²) in [4.78, 5) is 28.3. The quantitative estimate of drug-likeness (QED) is 0.783. The van der Waals surface area contributed by atoms with Crippen LogP contribution in [0.1, 0.15) is 23.1 Å². The zero-order chi connectivity index (χ0) is 18.5. The minimum atomic E-state index is -0.0281. The highest BCUT2D eigenvalue weighted by Gasteiger charge is 2.24. The summed E-state index contributed by atoms with van der Waals surface area (Å²) in [5.41, 5.74) is 3.69. The van der Waals surface area contributed by atoms with Crippen LogP contribution in [-0.2, 0) is 22.6 Å². The highest BCUT2D eigenvalue weighted by Crippen LogP contribution is 2.14. The van der Waals surface area contributed by atoms with E-state index in [-0.39, 0.29) is 18.4 Å². The Morgan fingerprint density at radius 2 is 1.73 bits per heavy atom. The molecule has 1 saturated heterocycles. The molecule has 1 aromatic heterocycles.